The Balaban J connectivity index is 2.93. The molecule has 1 heteroatoms. The van der Waals surface area contributed by atoms with Gasteiger partial charge in [-0.3, -0.25) is 0 Å². The van der Waals surface area contributed by atoms with Gasteiger partial charge in [0.15, 0.2) is 0 Å². The molecule has 21 heavy (non-hydrogen) atoms. The number of benzene rings is 1. The van der Waals surface area contributed by atoms with Gasteiger partial charge in [0.05, 0.1) is 0 Å². The van der Waals surface area contributed by atoms with Crippen molar-refractivity contribution in [2.75, 3.05) is 0 Å². The molecular weight excluding hydrogens is 259 g/mol. The average Bonchev–Trinajstić information content (AvgIpc) is 2.36. The average molecular weight is 292 g/mol. The van der Waals surface area contributed by atoms with Crippen molar-refractivity contribution in [2.45, 2.75) is 73.6 Å². The molecule has 1 rings (SSSR count). The molecule has 1 aromatic rings. The van der Waals surface area contributed by atoms with Gasteiger partial charge < -0.3 is 0 Å². The Morgan fingerprint density at radius 1 is 1.00 bits per heavy atom. The fraction of sp³-hybridized carbons (Fsp3) is 0.700. The Bertz CT molecular complexity index is 426. The van der Waals surface area contributed by atoms with Crippen molar-refractivity contribution in [2.24, 2.45) is 16.7 Å². The maximum Gasteiger partial charge on any atom is 0.126 e. The molecule has 1 atom stereocenters. The predicted molar refractivity (Wildman–Crippen MR) is 91.0 cm³/mol. The summed E-state index contributed by atoms with van der Waals surface area (Å²) in [7, 11) is 0. The van der Waals surface area contributed by atoms with Crippen LogP contribution in [0.15, 0.2) is 24.3 Å². The van der Waals surface area contributed by atoms with Gasteiger partial charge in [0.2, 0.25) is 0 Å². The molecule has 0 N–H and O–H groups in total. The summed E-state index contributed by atoms with van der Waals surface area (Å²) < 4.78 is 14.0. The van der Waals surface area contributed by atoms with E-state index in [0.717, 1.165) is 12.0 Å². The molecule has 0 aliphatic heterocycles. The summed E-state index contributed by atoms with van der Waals surface area (Å²) in [5, 5.41) is 0. The quantitative estimate of drug-likeness (QED) is 0.494. The van der Waals surface area contributed by atoms with E-state index >= 15 is 0 Å². The zero-order valence-electron chi connectivity index (χ0n) is 14.8. The lowest BCUT2D eigenvalue weighted by Gasteiger charge is -2.43. The molecule has 0 spiro atoms. The third-order valence-corrected chi connectivity index (χ3v) is 4.80. The zero-order chi connectivity index (χ0) is 16.1. The van der Waals surface area contributed by atoms with Crippen LogP contribution in [-0.4, -0.2) is 0 Å². The van der Waals surface area contributed by atoms with E-state index in [1.807, 2.05) is 12.1 Å². The molecule has 0 amide bonds. The summed E-state index contributed by atoms with van der Waals surface area (Å²) in [4.78, 5) is 0. The van der Waals surface area contributed by atoms with E-state index in [9.17, 15) is 4.39 Å². The first-order chi connectivity index (χ1) is 9.68. The molecule has 0 aromatic heterocycles. The maximum atomic E-state index is 14.0. The summed E-state index contributed by atoms with van der Waals surface area (Å²) in [6.07, 6.45) is 5.86. The van der Waals surface area contributed by atoms with Crippen molar-refractivity contribution < 1.29 is 4.39 Å². The molecule has 0 nitrogen and oxygen atoms in total. The lowest BCUT2D eigenvalue weighted by Crippen LogP contribution is -2.36. The van der Waals surface area contributed by atoms with E-state index in [-0.39, 0.29) is 16.6 Å². The summed E-state index contributed by atoms with van der Waals surface area (Å²) in [5.41, 5.74) is 1.27. The summed E-state index contributed by atoms with van der Waals surface area (Å²) >= 11 is 0. The molecule has 0 aliphatic carbocycles. The van der Waals surface area contributed by atoms with Crippen LogP contribution in [0.3, 0.4) is 0 Å². The summed E-state index contributed by atoms with van der Waals surface area (Å²) in [6, 6.07) is 7.24. The number of rotatable bonds is 7. The minimum atomic E-state index is -0.0592. The first kappa shape index (κ1) is 18.2. The summed E-state index contributed by atoms with van der Waals surface area (Å²) in [5.74, 6) is 0.412. The molecule has 1 aromatic carbocycles. The molecule has 0 aliphatic rings. The first-order valence-electron chi connectivity index (χ1n) is 8.42. The standard InChI is InChI=1S/C20H33F/c1-7-8-11-14-20(5,6)18(19(2,3)4)15-16-12-9-10-13-17(16)21/h9-10,12-13,18H,7-8,11,14-15H2,1-6H3. The fourth-order valence-corrected chi connectivity index (χ4v) is 3.64. The Morgan fingerprint density at radius 3 is 2.14 bits per heavy atom. The number of unbranched alkanes of at least 4 members (excludes halogenated alkanes) is 2. The first-order valence-corrected chi connectivity index (χ1v) is 8.42. The van der Waals surface area contributed by atoms with Gasteiger partial charge in [-0.05, 0) is 41.2 Å². The fourth-order valence-electron chi connectivity index (χ4n) is 3.64. The second-order valence-corrected chi connectivity index (χ2v) is 8.16. The molecule has 0 saturated heterocycles. The Labute approximate surface area is 131 Å². The molecule has 1 unspecified atom stereocenters. The van der Waals surface area contributed by atoms with E-state index in [1.54, 1.807) is 12.1 Å². The summed E-state index contributed by atoms with van der Waals surface area (Å²) in [6.45, 7) is 13.8. The van der Waals surface area contributed by atoms with Gasteiger partial charge in [0.1, 0.15) is 5.82 Å². The second-order valence-electron chi connectivity index (χ2n) is 8.16. The van der Waals surface area contributed by atoms with Crippen LogP contribution in [-0.2, 0) is 6.42 Å². The van der Waals surface area contributed by atoms with Gasteiger partial charge in [-0.1, -0.05) is 79.0 Å². The van der Waals surface area contributed by atoms with Gasteiger partial charge in [0.25, 0.3) is 0 Å². The molecule has 0 fully saturated rings. The highest BCUT2D eigenvalue weighted by Crippen LogP contribution is 2.45. The Morgan fingerprint density at radius 2 is 1.62 bits per heavy atom. The number of hydrogen-bond donors (Lipinski definition) is 0. The van der Waals surface area contributed by atoms with Crippen LogP contribution >= 0.6 is 0 Å². The SMILES string of the molecule is CCCCCC(C)(C)C(Cc1ccccc1F)C(C)(C)C. The monoisotopic (exact) mass is 292 g/mol. The largest absolute Gasteiger partial charge is 0.207 e. The lowest BCUT2D eigenvalue weighted by molar-refractivity contribution is 0.0747. The van der Waals surface area contributed by atoms with Crippen molar-refractivity contribution >= 4 is 0 Å². The van der Waals surface area contributed by atoms with Crippen LogP contribution in [0.1, 0.15) is 72.8 Å². The molecule has 0 saturated carbocycles. The molecule has 0 heterocycles. The Hall–Kier alpha value is -0.850. The maximum absolute atomic E-state index is 14.0. The van der Waals surface area contributed by atoms with E-state index in [0.29, 0.717) is 5.92 Å². The third-order valence-electron chi connectivity index (χ3n) is 4.80. The van der Waals surface area contributed by atoms with Crippen LogP contribution in [0, 0.1) is 22.6 Å². The van der Waals surface area contributed by atoms with Gasteiger partial charge in [-0.2, -0.15) is 0 Å². The van der Waals surface area contributed by atoms with Gasteiger partial charge >= 0.3 is 0 Å². The molecular formula is C20H33F. The smallest absolute Gasteiger partial charge is 0.126 e. The van der Waals surface area contributed by atoms with Gasteiger partial charge in [-0.25, -0.2) is 4.39 Å². The molecule has 0 bridgehead atoms. The second kappa shape index (κ2) is 7.42. The normalized spacial score (nSPS) is 14.2. The molecule has 120 valence electrons. The van der Waals surface area contributed by atoms with E-state index < -0.39 is 0 Å². The van der Waals surface area contributed by atoms with Gasteiger partial charge in [0, 0.05) is 0 Å². The van der Waals surface area contributed by atoms with Crippen molar-refractivity contribution in [3.63, 3.8) is 0 Å². The highest BCUT2D eigenvalue weighted by Gasteiger charge is 2.37. The van der Waals surface area contributed by atoms with Crippen LogP contribution in [0.4, 0.5) is 4.39 Å². The number of hydrogen-bond acceptors (Lipinski definition) is 0. The van der Waals surface area contributed by atoms with Gasteiger partial charge in [-0.15, -0.1) is 0 Å². The third kappa shape index (κ3) is 5.45. The molecule has 0 radical (unpaired) electrons. The lowest BCUT2D eigenvalue weighted by atomic mass is 9.62. The van der Waals surface area contributed by atoms with Crippen molar-refractivity contribution in [3.05, 3.63) is 35.6 Å². The van der Waals surface area contributed by atoms with E-state index in [2.05, 4.69) is 41.5 Å². The Kier molecular flexibility index (Phi) is 6.43. The predicted octanol–water partition coefficient (Wildman–Crippen LogP) is 6.64. The van der Waals surface area contributed by atoms with Crippen molar-refractivity contribution in [1.82, 2.24) is 0 Å². The topological polar surface area (TPSA) is 0 Å². The van der Waals surface area contributed by atoms with Crippen LogP contribution in [0.5, 0.6) is 0 Å². The van der Waals surface area contributed by atoms with Crippen LogP contribution in [0.25, 0.3) is 0 Å². The highest BCUT2D eigenvalue weighted by atomic mass is 19.1. The van der Waals surface area contributed by atoms with E-state index in [1.165, 1.54) is 25.7 Å². The van der Waals surface area contributed by atoms with Crippen LogP contribution in [0.2, 0.25) is 0 Å². The minimum Gasteiger partial charge on any atom is -0.207 e. The number of halogens is 1. The minimum absolute atomic E-state index is 0.0592. The highest BCUT2D eigenvalue weighted by molar-refractivity contribution is 5.18. The zero-order valence-corrected chi connectivity index (χ0v) is 14.8. The van der Waals surface area contributed by atoms with Crippen molar-refractivity contribution in [1.29, 1.82) is 0 Å². The van der Waals surface area contributed by atoms with Crippen LogP contribution < -0.4 is 0 Å². The van der Waals surface area contributed by atoms with Crippen molar-refractivity contribution in [3.8, 4) is 0 Å². The van der Waals surface area contributed by atoms with E-state index in [4.69, 9.17) is 0 Å².